The molecule has 0 radical (unpaired) electrons. The Bertz CT molecular complexity index is 196. The summed E-state index contributed by atoms with van der Waals surface area (Å²) >= 11 is 0. The van der Waals surface area contributed by atoms with Crippen molar-refractivity contribution >= 4 is 7.82 Å². The first-order chi connectivity index (χ1) is 7.79. The van der Waals surface area contributed by atoms with Gasteiger partial charge in [-0.05, 0) is 0 Å². The molecule has 106 valence electrons. The average Bonchev–Trinajstić information content (AvgIpc) is 2.22. The topological polar surface area (TPSA) is 77.8 Å². The van der Waals surface area contributed by atoms with Crippen LogP contribution in [0.4, 0.5) is 0 Å². The molecular weight excluding hydrogens is 262 g/mol. The molecule has 0 heterocycles. The van der Waals surface area contributed by atoms with Crippen LogP contribution in [0.1, 0.15) is 66.2 Å². The van der Waals surface area contributed by atoms with Crippen molar-refractivity contribution in [2.24, 2.45) is 5.92 Å². The Morgan fingerprint density at radius 3 is 1.67 bits per heavy atom. The van der Waals surface area contributed by atoms with Gasteiger partial charge in [0.15, 0.2) is 0 Å². The van der Waals surface area contributed by atoms with Crippen molar-refractivity contribution in [1.29, 1.82) is 0 Å². The number of rotatable bonds is 7. The summed E-state index contributed by atoms with van der Waals surface area (Å²) in [6.45, 7) is 9.21. The van der Waals surface area contributed by atoms with Crippen molar-refractivity contribution in [2.75, 3.05) is 0 Å². The smallest absolute Gasteiger partial charge is 0.311 e. The second-order valence-corrected chi connectivity index (χ2v) is 5.15. The van der Waals surface area contributed by atoms with Crippen molar-refractivity contribution in [3.63, 3.8) is 0 Å². The summed E-state index contributed by atoms with van der Waals surface area (Å²) < 4.78 is 8.88. The summed E-state index contributed by atoms with van der Waals surface area (Å²) in [6, 6.07) is 0. The van der Waals surface area contributed by atoms with Crippen LogP contribution in [0, 0.1) is 11.8 Å². The van der Waals surface area contributed by atoms with Gasteiger partial charge in [-0.2, -0.15) is 18.8 Å². The van der Waals surface area contributed by atoms with Gasteiger partial charge in [0.05, 0.1) is 0 Å². The van der Waals surface area contributed by atoms with Crippen LogP contribution in [0.2, 0.25) is 0 Å². The molecule has 0 bridgehead atoms. The fraction of sp³-hybridized carbons (Fsp3) is 0.917. The Morgan fingerprint density at radius 1 is 1.06 bits per heavy atom. The largest absolute Gasteiger partial charge is 1.00 e. The van der Waals surface area contributed by atoms with E-state index in [9.17, 15) is 0 Å². The molecule has 0 saturated carbocycles. The molecule has 18 heavy (non-hydrogen) atoms. The molecule has 0 saturated heterocycles. The fourth-order valence-corrected chi connectivity index (χ4v) is 1.97. The van der Waals surface area contributed by atoms with Crippen molar-refractivity contribution in [3.8, 4) is 0 Å². The summed E-state index contributed by atoms with van der Waals surface area (Å²) in [5.41, 5.74) is 0. The van der Waals surface area contributed by atoms with Crippen LogP contribution in [-0.2, 0) is 4.57 Å². The molecule has 0 aliphatic rings. The van der Waals surface area contributed by atoms with Crippen molar-refractivity contribution in [1.82, 2.24) is 0 Å². The molecule has 0 fully saturated rings. The molecule has 1 atom stereocenters. The molecule has 0 aromatic heterocycles. The van der Waals surface area contributed by atoms with Crippen molar-refractivity contribution < 1.29 is 48.8 Å². The summed E-state index contributed by atoms with van der Waals surface area (Å²) in [5.74, 6) is 2.70. The van der Waals surface area contributed by atoms with Gasteiger partial charge < -0.3 is 20.6 Å². The van der Waals surface area contributed by atoms with Gasteiger partial charge >= 0.3 is 37.4 Å². The minimum Gasteiger partial charge on any atom is -0.311 e. The van der Waals surface area contributed by atoms with Gasteiger partial charge in [0.2, 0.25) is 0 Å². The molecule has 6 heteroatoms. The van der Waals surface area contributed by atoms with E-state index >= 15 is 0 Å². The van der Waals surface area contributed by atoms with Crippen molar-refractivity contribution in [3.05, 3.63) is 5.92 Å². The normalized spacial score (nSPS) is 12.4. The first kappa shape index (κ1) is 24.1. The first-order valence-corrected chi connectivity index (χ1v) is 7.99. The molecule has 0 aromatic carbocycles. The van der Waals surface area contributed by atoms with Crippen molar-refractivity contribution in [2.45, 2.75) is 66.2 Å². The van der Waals surface area contributed by atoms with Gasteiger partial charge in [-0.25, -0.2) is 4.57 Å². The van der Waals surface area contributed by atoms with E-state index in [-0.39, 0.29) is 29.6 Å². The molecule has 3 N–H and O–H groups in total. The van der Waals surface area contributed by atoms with Crippen LogP contribution in [0.25, 0.3) is 0 Å². The molecule has 0 aliphatic heterocycles. The molecule has 0 spiro atoms. The SMILES string of the molecule is CCCCC(CC)[C-](CC)CC.O=P(O)(O)O.[Na+]. The van der Waals surface area contributed by atoms with Crippen LogP contribution in [0.5, 0.6) is 0 Å². The third kappa shape index (κ3) is 19.4. The van der Waals surface area contributed by atoms with Crippen LogP contribution in [-0.4, -0.2) is 14.7 Å². The van der Waals surface area contributed by atoms with Gasteiger partial charge in [-0.1, -0.05) is 53.4 Å². The maximum Gasteiger partial charge on any atom is 1.00 e. The molecule has 0 rings (SSSR count). The van der Waals surface area contributed by atoms with Gasteiger partial charge in [-0.15, -0.1) is 0 Å². The van der Waals surface area contributed by atoms with E-state index in [0.717, 1.165) is 5.92 Å². The second-order valence-electron chi connectivity index (χ2n) is 4.13. The van der Waals surface area contributed by atoms with E-state index in [2.05, 4.69) is 27.7 Å². The Balaban J connectivity index is -0.000000321. The van der Waals surface area contributed by atoms with Gasteiger partial charge in [0.1, 0.15) is 0 Å². The standard InChI is InChI=1S/C12H25.Na.H3O4P/c1-5-9-10-12(8-4)11(6-2)7-3;;1-5(2,3)4/h12H,5-10H2,1-4H3;;(H3,1,2,3,4)/q-1;+1;. The molecular formula is C12H28NaO4P. The van der Waals surface area contributed by atoms with Crippen LogP contribution < -0.4 is 29.6 Å². The Morgan fingerprint density at radius 2 is 1.44 bits per heavy atom. The van der Waals surface area contributed by atoms with E-state index < -0.39 is 7.82 Å². The molecule has 4 nitrogen and oxygen atoms in total. The first-order valence-electron chi connectivity index (χ1n) is 6.42. The maximum absolute atomic E-state index is 8.88. The van der Waals surface area contributed by atoms with E-state index in [4.69, 9.17) is 19.2 Å². The molecule has 1 unspecified atom stereocenters. The summed E-state index contributed by atoms with van der Waals surface area (Å²) in [5, 5.41) is 0. The van der Waals surface area contributed by atoms with Gasteiger partial charge in [0.25, 0.3) is 0 Å². The predicted octanol–water partition coefficient (Wildman–Crippen LogP) is 0.673. The fourth-order valence-electron chi connectivity index (χ4n) is 1.97. The average molecular weight is 290 g/mol. The zero-order valence-corrected chi connectivity index (χ0v) is 15.4. The predicted molar refractivity (Wildman–Crippen MR) is 71.4 cm³/mol. The maximum atomic E-state index is 8.88. The van der Waals surface area contributed by atoms with E-state index in [1.54, 1.807) is 5.92 Å². The van der Waals surface area contributed by atoms with Crippen LogP contribution in [0.3, 0.4) is 0 Å². The monoisotopic (exact) mass is 290 g/mol. The summed E-state index contributed by atoms with van der Waals surface area (Å²) in [4.78, 5) is 21.6. The Labute approximate surface area is 134 Å². The summed E-state index contributed by atoms with van der Waals surface area (Å²) in [7, 11) is -4.64. The number of hydrogen-bond donors (Lipinski definition) is 3. The Hall–Kier alpha value is 1.11. The Kier molecular flexibility index (Phi) is 19.5. The van der Waals surface area contributed by atoms with E-state index in [0.29, 0.717) is 0 Å². The van der Waals surface area contributed by atoms with Crippen LogP contribution in [0.15, 0.2) is 0 Å². The number of unbranched alkanes of at least 4 members (excludes halogenated alkanes) is 1. The third-order valence-corrected chi connectivity index (χ3v) is 2.88. The van der Waals surface area contributed by atoms with Crippen LogP contribution >= 0.6 is 7.82 Å². The zero-order valence-electron chi connectivity index (χ0n) is 12.5. The minimum atomic E-state index is -4.64. The van der Waals surface area contributed by atoms with Gasteiger partial charge in [0, 0.05) is 0 Å². The minimum absolute atomic E-state index is 0. The molecule has 0 amide bonds. The van der Waals surface area contributed by atoms with E-state index in [1.165, 1.54) is 38.5 Å². The quantitative estimate of drug-likeness (QED) is 0.366. The zero-order chi connectivity index (χ0) is 13.9. The molecule has 0 aromatic rings. The second kappa shape index (κ2) is 14.5. The number of hydrogen-bond acceptors (Lipinski definition) is 1. The van der Waals surface area contributed by atoms with Gasteiger partial charge in [-0.3, -0.25) is 0 Å². The third-order valence-electron chi connectivity index (χ3n) is 2.88. The molecule has 0 aliphatic carbocycles. The number of phosphoric acid groups is 1. The summed E-state index contributed by atoms with van der Waals surface area (Å²) in [6.07, 6.45) is 8.09. The van der Waals surface area contributed by atoms with E-state index in [1.807, 2.05) is 0 Å².